The molecular formula is C12H17N5S. The third-order valence-electron chi connectivity index (χ3n) is 2.70. The highest BCUT2D eigenvalue weighted by molar-refractivity contribution is 7.15. The third kappa shape index (κ3) is 3.25. The molecule has 0 aliphatic heterocycles. The van der Waals surface area contributed by atoms with Crippen molar-refractivity contribution in [2.45, 2.75) is 20.0 Å². The first-order valence-electron chi connectivity index (χ1n) is 5.71. The molecule has 2 aromatic rings. The number of nitrogens with zero attached hydrogens (tertiary/aromatic N) is 3. The molecular weight excluding hydrogens is 246 g/mol. The average Bonchev–Trinajstić information content (AvgIpc) is 2.80. The second kappa shape index (κ2) is 5.90. The second-order valence-corrected chi connectivity index (χ2v) is 5.31. The molecule has 5 nitrogen and oxygen atoms in total. The number of hydrogen-bond donors (Lipinski definition) is 2. The molecule has 6 heteroatoms. The summed E-state index contributed by atoms with van der Waals surface area (Å²) < 4.78 is 0. The van der Waals surface area contributed by atoms with Crippen LogP contribution >= 0.6 is 11.3 Å². The molecule has 0 aliphatic carbocycles. The summed E-state index contributed by atoms with van der Waals surface area (Å²) in [7, 11) is 2.07. The van der Waals surface area contributed by atoms with Crippen LogP contribution < -0.4 is 11.3 Å². The lowest BCUT2D eigenvalue weighted by atomic mass is 10.1. The Hall–Kier alpha value is -1.50. The SMILES string of the molecule is Cc1ccccc1CN(C)Cc1nnc(NN)s1. The number of aromatic nitrogens is 2. The van der Waals surface area contributed by atoms with E-state index in [1.54, 1.807) is 0 Å². The Morgan fingerprint density at radius 3 is 2.72 bits per heavy atom. The Bertz CT molecular complexity index is 511. The second-order valence-electron chi connectivity index (χ2n) is 4.24. The van der Waals surface area contributed by atoms with Crippen LogP contribution in [0.3, 0.4) is 0 Å². The zero-order chi connectivity index (χ0) is 13.0. The minimum atomic E-state index is 0.647. The largest absolute Gasteiger partial charge is 0.298 e. The number of nitrogens with two attached hydrogens (primary N) is 1. The standard InChI is InChI=1S/C12H17N5S/c1-9-5-3-4-6-10(9)7-17(2)8-11-15-16-12(14-13)18-11/h3-6H,7-8,13H2,1-2H3,(H,14,16). The summed E-state index contributed by atoms with van der Waals surface area (Å²) in [4.78, 5) is 2.21. The van der Waals surface area contributed by atoms with E-state index in [0.29, 0.717) is 5.13 Å². The highest BCUT2D eigenvalue weighted by atomic mass is 32.1. The van der Waals surface area contributed by atoms with Crippen LogP contribution in [0.4, 0.5) is 5.13 Å². The quantitative estimate of drug-likeness (QED) is 0.635. The molecule has 1 aromatic heterocycles. The molecule has 0 radical (unpaired) electrons. The van der Waals surface area contributed by atoms with Gasteiger partial charge in [-0.3, -0.25) is 10.3 Å². The first-order valence-corrected chi connectivity index (χ1v) is 6.52. The van der Waals surface area contributed by atoms with Crippen LogP contribution in [0.15, 0.2) is 24.3 Å². The van der Waals surface area contributed by atoms with E-state index in [1.807, 2.05) is 0 Å². The van der Waals surface area contributed by atoms with Crippen molar-refractivity contribution in [3.63, 3.8) is 0 Å². The van der Waals surface area contributed by atoms with E-state index in [2.05, 4.69) is 58.8 Å². The number of benzene rings is 1. The van der Waals surface area contributed by atoms with Crippen LogP contribution in [0.25, 0.3) is 0 Å². The molecule has 96 valence electrons. The number of nitrogens with one attached hydrogen (secondary N) is 1. The summed E-state index contributed by atoms with van der Waals surface area (Å²) in [6.07, 6.45) is 0. The van der Waals surface area contributed by atoms with Crippen LogP contribution in [0.1, 0.15) is 16.1 Å². The van der Waals surface area contributed by atoms with Gasteiger partial charge in [0, 0.05) is 6.54 Å². The van der Waals surface area contributed by atoms with Gasteiger partial charge in [0.25, 0.3) is 0 Å². The lowest BCUT2D eigenvalue weighted by Gasteiger charge is -2.16. The topological polar surface area (TPSA) is 67.1 Å². The molecule has 0 unspecified atom stereocenters. The maximum Gasteiger partial charge on any atom is 0.219 e. The van der Waals surface area contributed by atoms with Gasteiger partial charge in [-0.05, 0) is 25.1 Å². The average molecular weight is 263 g/mol. The maximum atomic E-state index is 5.28. The molecule has 0 atom stereocenters. The van der Waals surface area contributed by atoms with Crippen LogP contribution in [-0.2, 0) is 13.1 Å². The van der Waals surface area contributed by atoms with Crippen molar-refractivity contribution in [1.82, 2.24) is 15.1 Å². The predicted octanol–water partition coefficient (Wildman–Crippen LogP) is 1.76. The summed E-state index contributed by atoms with van der Waals surface area (Å²) >= 11 is 1.48. The zero-order valence-electron chi connectivity index (χ0n) is 10.6. The number of hydrazine groups is 1. The van der Waals surface area contributed by atoms with Gasteiger partial charge in [-0.1, -0.05) is 35.6 Å². The molecule has 18 heavy (non-hydrogen) atoms. The van der Waals surface area contributed by atoms with Crippen molar-refractivity contribution >= 4 is 16.5 Å². The van der Waals surface area contributed by atoms with E-state index in [-0.39, 0.29) is 0 Å². The Morgan fingerprint density at radius 1 is 1.28 bits per heavy atom. The molecule has 0 aliphatic rings. The van der Waals surface area contributed by atoms with E-state index in [0.717, 1.165) is 18.1 Å². The minimum Gasteiger partial charge on any atom is -0.298 e. The van der Waals surface area contributed by atoms with Crippen molar-refractivity contribution in [2.75, 3.05) is 12.5 Å². The molecule has 0 amide bonds. The fourth-order valence-electron chi connectivity index (χ4n) is 1.74. The van der Waals surface area contributed by atoms with Gasteiger partial charge in [0.2, 0.25) is 5.13 Å². The van der Waals surface area contributed by atoms with Crippen molar-refractivity contribution in [3.8, 4) is 0 Å². The van der Waals surface area contributed by atoms with Crippen molar-refractivity contribution in [3.05, 3.63) is 40.4 Å². The predicted molar refractivity (Wildman–Crippen MR) is 74.1 cm³/mol. The third-order valence-corrected chi connectivity index (χ3v) is 3.54. The summed E-state index contributed by atoms with van der Waals surface area (Å²) in [5.74, 6) is 5.28. The van der Waals surface area contributed by atoms with Crippen LogP contribution in [0, 0.1) is 6.92 Å². The molecule has 1 aromatic carbocycles. The summed E-state index contributed by atoms with van der Waals surface area (Å²) in [6.45, 7) is 3.80. The van der Waals surface area contributed by atoms with Crippen LogP contribution in [0.2, 0.25) is 0 Å². The lowest BCUT2D eigenvalue weighted by molar-refractivity contribution is 0.317. The van der Waals surface area contributed by atoms with Gasteiger partial charge in [-0.2, -0.15) is 0 Å². The molecule has 0 spiro atoms. The van der Waals surface area contributed by atoms with Crippen LogP contribution in [-0.4, -0.2) is 22.1 Å². The normalized spacial score (nSPS) is 10.9. The molecule has 0 saturated heterocycles. The van der Waals surface area contributed by atoms with E-state index in [1.165, 1.54) is 22.5 Å². The molecule has 0 bridgehead atoms. The van der Waals surface area contributed by atoms with Gasteiger partial charge < -0.3 is 0 Å². The van der Waals surface area contributed by atoms with Gasteiger partial charge >= 0.3 is 0 Å². The van der Waals surface area contributed by atoms with Crippen molar-refractivity contribution in [1.29, 1.82) is 0 Å². The van der Waals surface area contributed by atoms with Gasteiger partial charge in [-0.25, -0.2) is 5.84 Å². The lowest BCUT2D eigenvalue weighted by Crippen LogP contribution is -2.17. The number of rotatable bonds is 5. The van der Waals surface area contributed by atoms with E-state index in [9.17, 15) is 0 Å². The summed E-state index contributed by atoms with van der Waals surface area (Å²) in [6, 6.07) is 8.41. The highest BCUT2D eigenvalue weighted by Gasteiger charge is 2.07. The monoisotopic (exact) mass is 263 g/mol. The van der Waals surface area contributed by atoms with Crippen molar-refractivity contribution in [2.24, 2.45) is 5.84 Å². The van der Waals surface area contributed by atoms with Gasteiger partial charge in [0.05, 0.1) is 6.54 Å². The van der Waals surface area contributed by atoms with Gasteiger partial charge in [0.15, 0.2) is 0 Å². The first kappa shape index (κ1) is 12.9. The first-order chi connectivity index (χ1) is 8.69. The Labute approximate surface area is 111 Å². The van der Waals surface area contributed by atoms with E-state index in [4.69, 9.17) is 5.84 Å². The van der Waals surface area contributed by atoms with Gasteiger partial charge in [0.1, 0.15) is 5.01 Å². The minimum absolute atomic E-state index is 0.647. The Morgan fingerprint density at radius 2 is 2.06 bits per heavy atom. The number of aryl methyl sites for hydroxylation is 1. The number of hydrogen-bond acceptors (Lipinski definition) is 6. The summed E-state index contributed by atoms with van der Waals surface area (Å²) in [5, 5.41) is 9.60. The molecule has 3 N–H and O–H groups in total. The fourth-order valence-corrected chi connectivity index (χ4v) is 2.47. The maximum absolute atomic E-state index is 5.28. The van der Waals surface area contributed by atoms with E-state index >= 15 is 0 Å². The zero-order valence-corrected chi connectivity index (χ0v) is 11.4. The highest BCUT2D eigenvalue weighted by Crippen LogP contribution is 2.16. The number of nitrogen functional groups attached to an aromatic ring is 1. The van der Waals surface area contributed by atoms with Gasteiger partial charge in [-0.15, -0.1) is 10.2 Å². The smallest absolute Gasteiger partial charge is 0.219 e. The summed E-state index contributed by atoms with van der Waals surface area (Å²) in [5.41, 5.74) is 5.15. The van der Waals surface area contributed by atoms with E-state index < -0.39 is 0 Å². The molecule has 0 saturated carbocycles. The van der Waals surface area contributed by atoms with Crippen molar-refractivity contribution < 1.29 is 0 Å². The molecule has 2 rings (SSSR count). The Kier molecular flexibility index (Phi) is 4.24. The molecule has 1 heterocycles. The fraction of sp³-hybridized carbons (Fsp3) is 0.333. The number of anilines is 1. The molecule has 0 fully saturated rings. The Balaban J connectivity index is 1.96. The van der Waals surface area contributed by atoms with Crippen LogP contribution in [0.5, 0.6) is 0 Å².